The zero-order chi connectivity index (χ0) is 20.9. The van der Waals surface area contributed by atoms with Gasteiger partial charge in [0.1, 0.15) is 0 Å². The lowest BCUT2D eigenvalue weighted by Crippen LogP contribution is -2.40. The first-order chi connectivity index (χ1) is 14.6. The molecular weight excluding hydrogens is 418 g/mol. The van der Waals surface area contributed by atoms with Crippen molar-refractivity contribution in [1.82, 2.24) is 10.2 Å². The number of thioether (sulfide) groups is 1. The van der Waals surface area contributed by atoms with Crippen molar-refractivity contribution in [3.63, 3.8) is 0 Å². The van der Waals surface area contributed by atoms with Crippen LogP contribution in [0.15, 0.2) is 58.9 Å². The molecule has 2 amide bonds. The Morgan fingerprint density at radius 3 is 2.80 bits per heavy atom. The van der Waals surface area contributed by atoms with E-state index in [1.165, 1.54) is 23.1 Å². The molecule has 1 aliphatic heterocycles. The molecule has 0 unspecified atom stereocenters. The zero-order valence-electron chi connectivity index (χ0n) is 16.4. The SMILES string of the molecule is C[C@@H]1CC(=O)Nc2ccccc2N1C(=O)CSc1nnc(NCc2ccccc2)s1. The van der Waals surface area contributed by atoms with Gasteiger partial charge in [-0.3, -0.25) is 9.59 Å². The highest BCUT2D eigenvalue weighted by molar-refractivity contribution is 8.01. The van der Waals surface area contributed by atoms with Crippen LogP contribution in [0.4, 0.5) is 16.5 Å². The maximum atomic E-state index is 13.0. The van der Waals surface area contributed by atoms with Gasteiger partial charge in [0.25, 0.3) is 0 Å². The third-order valence-electron chi connectivity index (χ3n) is 4.64. The molecule has 9 heteroatoms. The summed E-state index contributed by atoms with van der Waals surface area (Å²) >= 11 is 2.78. The van der Waals surface area contributed by atoms with Gasteiger partial charge in [0.15, 0.2) is 4.34 Å². The summed E-state index contributed by atoms with van der Waals surface area (Å²) in [5, 5.41) is 15.2. The van der Waals surface area contributed by atoms with E-state index < -0.39 is 0 Å². The van der Waals surface area contributed by atoms with E-state index in [0.29, 0.717) is 12.2 Å². The van der Waals surface area contributed by atoms with Gasteiger partial charge in [-0.1, -0.05) is 65.6 Å². The number of benzene rings is 2. The lowest BCUT2D eigenvalue weighted by Gasteiger charge is -2.27. The molecule has 1 atom stereocenters. The second-order valence-corrected chi connectivity index (χ2v) is 9.08. The van der Waals surface area contributed by atoms with E-state index in [-0.39, 0.29) is 30.0 Å². The summed E-state index contributed by atoms with van der Waals surface area (Å²) in [4.78, 5) is 26.8. The molecule has 0 spiro atoms. The van der Waals surface area contributed by atoms with Gasteiger partial charge in [-0.25, -0.2) is 0 Å². The molecule has 7 nitrogen and oxygen atoms in total. The molecule has 0 fully saturated rings. The summed E-state index contributed by atoms with van der Waals surface area (Å²) in [5.41, 5.74) is 2.55. The van der Waals surface area contributed by atoms with Crippen molar-refractivity contribution in [2.75, 3.05) is 21.3 Å². The van der Waals surface area contributed by atoms with E-state index in [2.05, 4.69) is 20.8 Å². The smallest absolute Gasteiger partial charge is 0.237 e. The third kappa shape index (κ3) is 4.80. The molecule has 0 aliphatic carbocycles. The van der Waals surface area contributed by atoms with Crippen LogP contribution in [0.2, 0.25) is 0 Å². The van der Waals surface area contributed by atoms with Crippen LogP contribution >= 0.6 is 23.1 Å². The number of aromatic nitrogens is 2. The van der Waals surface area contributed by atoms with Gasteiger partial charge in [0.2, 0.25) is 16.9 Å². The predicted molar refractivity (Wildman–Crippen MR) is 121 cm³/mol. The topological polar surface area (TPSA) is 87.2 Å². The van der Waals surface area contributed by atoms with Crippen molar-refractivity contribution in [3.8, 4) is 0 Å². The van der Waals surface area contributed by atoms with Gasteiger partial charge >= 0.3 is 0 Å². The van der Waals surface area contributed by atoms with Crippen molar-refractivity contribution in [1.29, 1.82) is 0 Å². The predicted octanol–water partition coefficient (Wildman–Crippen LogP) is 4.01. The summed E-state index contributed by atoms with van der Waals surface area (Å²) in [6.45, 7) is 2.56. The number of nitrogens with one attached hydrogen (secondary N) is 2. The maximum absolute atomic E-state index is 13.0. The number of fused-ring (bicyclic) bond motifs is 1. The molecule has 154 valence electrons. The average molecular weight is 440 g/mol. The minimum Gasteiger partial charge on any atom is -0.356 e. The Hall–Kier alpha value is -2.91. The van der Waals surface area contributed by atoms with Crippen LogP contribution < -0.4 is 15.5 Å². The monoisotopic (exact) mass is 439 g/mol. The summed E-state index contributed by atoms with van der Waals surface area (Å²) in [6.07, 6.45) is 0.261. The number of carbonyl (C=O) groups excluding carboxylic acids is 2. The van der Waals surface area contributed by atoms with Crippen LogP contribution in [0.3, 0.4) is 0 Å². The molecule has 4 rings (SSSR count). The lowest BCUT2D eigenvalue weighted by molar-refractivity contribution is -0.117. The van der Waals surface area contributed by atoms with Gasteiger partial charge in [-0.2, -0.15) is 0 Å². The summed E-state index contributed by atoms with van der Waals surface area (Å²) in [6, 6.07) is 17.2. The molecule has 0 saturated carbocycles. The minimum atomic E-state index is -0.223. The molecule has 0 radical (unpaired) electrons. The standard InChI is InChI=1S/C21H21N5O2S2/c1-14-11-18(27)23-16-9-5-6-10-17(16)26(14)19(28)13-29-21-25-24-20(30-21)22-12-15-7-3-2-4-8-15/h2-10,14H,11-13H2,1H3,(H,22,24)(H,23,27)/t14-/m1/s1. The molecule has 2 N–H and O–H groups in total. The van der Waals surface area contributed by atoms with Crippen LogP contribution in [0.1, 0.15) is 18.9 Å². The number of nitrogens with zero attached hydrogens (tertiary/aromatic N) is 3. The van der Waals surface area contributed by atoms with E-state index in [1.54, 1.807) is 4.90 Å². The fraction of sp³-hybridized carbons (Fsp3) is 0.238. The van der Waals surface area contributed by atoms with Crippen molar-refractivity contribution < 1.29 is 9.59 Å². The highest BCUT2D eigenvalue weighted by Crippen LogP contribution is 2.33. The molecule has 2 heterocycles. The van der Waals surface area contributed by atoms with E-state index in [1.807, 2.05) is 61.5 Å². The van der Waals surface area contributed by atoms with Gasteiger partial charge in [-0.05, 0) is 24.6 Å². The number of amides is 2. The molecule has 1 aromatic heterocycles. The number of rotatable bonds is 6. The van der Waals surface area contributed by atoms with Crippen LogP contribution in [0, 0.1) is 0 Å². The summed E-state index contributed by atoms with van der Waals surface area (Å²) in [5.74, 6) is 0.0711. The van der Waals surface area contributed by atoms with E-state index in [4.69, 9.17) is 0 Å². The fourth-order valence-corrected chi connectivity index (χ4v) is 4.88. The Balaban J connectivity index is 1.39. The Morgan fingerprint density at radius 1 is 1.20 bits per heavy atom. The normalized spacial score (nSPS) is 15.8. The number of hydrogen-bond donors (Lipinski definition) is 2. The van der Waals surface area contributed by atoms with Crippen molar-refractivity contribution in [2.45, 2.75) is 30.3 Å². The van der Waals surface area contributed by atoms with Crippen molar-refractivity contribution in [2.24, 2.45) is 0 Å². The first-order valence-electron chi connectivity index (χ1n) is 9.55. The Kier molecular flexibility index (Phi) is 6.29. The maximum Gasteiger partial charge on any atom is 0.237 e. The van der Waals surface area contributed by atoms with Gasteiger partial charge in [0, 0.05) is 19.0 Å². The first kappa shape index (κ1) is 20.4. The third-order valence-corrected chi connectivity index (χ3v) is 6.64. The Bertz CT molecular complexity index is 1040. The number of anilines is 3. The number of para-hydroxylation sites is 2. The van der Waals surface area contributed by atoms with Crippen LogP contribution in [-0.4, -0.2) is 33.8 Å². The summed E-state index contributed by atoms with van der Waals surface area (Å²) in [7, 11) is 0. The average Bonchev–Trinajstić information content (AvgIpc) is 3.15. The van der Waals surface area contributed by atoms with Crippen LogP contribution in [0.5, 0.6) is 0 Å². The molecule has 30 heavy (non-hydrogen) atoms. The largest absolute Gasteiger partial charge is 0.356 e. The molecule has 0 saturated heterocycles. The van der Waals surface area contributed by atoms with Crippen LogP contribution in [-0.2, 0) is 16.1 Å². The highest BCUT2D eigenvalue weighted by Gasteiger charge is 2.29. The summed E-state index contributed by atoms with van der Waals surface area (Å²) < 4.78 is 0.726. The van der Waals surface area contributed by atoms with Crippen molar-refractivity contribution in [3.05, 3.63) is 60.2 Å². The molecule has 2 aromatic carbocycles. The van der Waals surface area contributed by atoms with E-state index in [0.717, 1.165) is 20.7 Å². The van der Waals surface area contributed by atoms with Crippen LogP contribution in [0.25, 0.3) is 0 Å². The Morgan fingerprint density at radius 2 is 1.97 bits per heavy atom. The van der Waals surface area contributed by atoms with Gasteiger partial charge in [-0.15, -0.1) is 10.2 Å². The second-order valence-electron chi connectivity index (χ2n) is 6.88. The Labute approximate surface area is 182 Å². The van der Waals surface area contributed by atoms with E-state index >= 15 is 0 Å². The molecular formula is C21H21N5O2S2. The quantitative estimate of drug-likeness (QED) is 0.565. The lowest BCUT2D eigenvalue weighted by atomic mass is 10.2. The number of hydrogen-bond acceptors (Lipinski definition) is 7. The van der Waals surface area contributed by atoms with Crippen molar-refractivity contribution >= 4 is 51.4 Å². The van der Waals surface area contributed by atoms with E-state index in [9.17, 15) is 9.59 Å². The highest BCUT2D eigenvalue weighted by atomic mass is 32.2. The molecule has 0 bridgehead atoms. The molecule has 3 aromatic rings. The van der Waals surface area contributed by atoms with Gasteiger partial charge < -0.3 is 15.5 Å². The first-order valence-corrected chi connectivity index (χ1v) is 11.4. The fourth-order valence-electron chi connectivity index (χ4n) is 3.27. The van der Waals surface area contributed by atoms with Gasteiger partial charge in [0.05, 0.1) is 17.1 Å². The second kappa shape index (κ2) is 9.27. The molecule has 1 aliphatic rings. The number of carbonyl (C=O) groups is 2. The zero-order valence-corrected chi connectivity index (χ0v) is 18.0. The minimum absolute atomic E-state index is 0.0644.